The Hall–Kier alpha value is -18.4. The van der Waals surface area contributed by atoms with Crippen molar-refractivity contribution in [2.24, 2.45) is 0 Å². The standard InChI is InChI=1S/C30H20N4.C29H19N5.C26H18N4.C23H15N5.C6H6/c1-3-9-21(10-4-1)23-19-31-30(32-20-23)33-16-15-22-17-29-26(18-28(22)33)25-13-7-8-14-27(25)34(29)24-11-5-2-6-12-24;1-2-8-22(9-3-1)34-26-11-5-4-10-24(26)25-16-27-20(15-28(25)34)12-14-33(27)23-18-31-29(32-19-23)21-7-6-13-30-17-21;1-2-6-21(7-3-1)29-14-11-19-17-26-20(16-25(19)29)12-15-30(26)22-9-10-24(28-18-22)23-8-4-5-13-27-23;1-2-4-20-18(3-1)19-12-22-16(11-21(19)27-20)7-10-28(22)17-13-25-23(26-14-17)15-5-8-24-9-6-15;1-2-4-6-5-3-1/h1-20H;1-19H;1-18H;1-14,27H;1-6H. The SMILES string of the molecule is c1ccc(-c2cnc(-n3ccc4cc5c(cc43)c3ccccc3n5-c3ccccc3)nc2)cc1.c1ccc(-n2c3ccccc3c3cc4c(ccn4-c4cnc(-c5cccnc5)nc4)cc32)cc1.c1ccc(-n2ccc3cc4c(ccn4-c4ccc(-c5ccccn5)nc4)cc32)cc1.c1ccc2c(c1)[nH]c1cc3ccn(-c4cnc(-c5ccncc5)nc4)c3cc12.c1ccccc1. The van der Waals surface area contributed by atoms with Crippen LogP contribution in [0.25, 0.3) is 205 Å². The molecule has 15 aromatic heterocycles. The van der Waals surface area contributed by atoms with E-state index in [1.165, 1.54) is 92.6 Å². The van der Waals surface area contributed by atoms with Crippen LogP contribution in [0.15, 0.2) is 469 Å². The second-order valence-corrected chi connectivity index (χ2v) is 32.0. The highest BCUT2D eigenvalue weighted by Crippen LogP contribution is 2.40. The minimum atomic E-state index is 0.667. The highest BCUT2D eigenvalue weighted by molar-refractivity contribution is 6.16. The van der Waals surface area contributed by atoms with Crippen molar-refractivity contribution in [3.05, 3.63) is 469 Å². The molecule has 624 valence electrons. The van der Waals surface area contributed by atoms with Gasteiger partial charge in [-0.25, -0.2) is 29.9 Å². The first-order chi connectivity index (χ1) is 65.5. The molecule has 0 spiro atoms. The van der Waals surface area contributed by atoms with Crippen LogP contribution in [-0.2, 0) is 0 Å². The maximum Gasteiger partial charge on any atom is 0.234 e. The predicted octanol–water partition coefficient (Wildman–Crippen LogP) is 26.6. The number of rotatable bonds is 11. The highest BCUT2D eigenvalue weighted by atomic mass is 15.1. The number of fused-ring (bicyclic) bond motifs is 14. The molecule has 0 aliphatic carbocycles. The van der Waals surface area contributed by atoms with Gasteiger partial charge in [0, 0.05) is 178 Å². The quantitative estimate of drug-likeness (QED) is 0.131. The largest absolute Gasteiger partial charge is 0.354 e. The average Bonchev–Trinajstić information content (AvgIpc) is 1.58. The van der Waals surface area contributed by atoms with Gasteiger partial charge in [0.25, 0.3) is 0 Å². The lowest BCUT2D eigenvalue weighted by Gasteiger charge is -2.08. The minimum Gasteiger partial charge on any atom is -0.354 e. The second-order valence-electron chi connectivity index (χ2n) is 32.0. The molecule has 18 nitrogen and oxygen atoms in total. The molecular formula is C114H78N18. The Morgan fingerprint density at radius 2 is 0.606 bits per heavy atom. The lowest BCUT2D eigenvalue weighted by molar-refractivity contribution is 0.964. The molecule has 12 aromatic carbocycles. The normalized spacial score (nSPS) is 11.3. The molecule has 27 rings (SSSR count). The van der Waals surface area contributed by atoms with Gasteiger partial charge >= 0.3 is 0 Å². The van der Waals surface area contributed by atoms with Gasteiger partial charge in [-0.05, 0) is 188 Å². The summed E-state index contributed by atoms with van der Waals surface area (Å²) in [6.45, 7) is 0. The fraction of sp³-hybridized carbons (Fsp3) is 0. The third kappa shape index (κ3) is 15.0. The van der Waals surface area contributed by atoms with Gasteiger partial charge < -0.3 is 32.4 Å². The number of nitrogens with zero attached hydrogens (tertiary/aromatic N) is 17. The zero-order valence-corrected chi connectivity index (χ0v) is 71.1. The van der Waals surface area contributed by atoms with Crippen molar-refractivity contribution in [3.63, 3.8) is 0 Å². The maximum atomic E-state index is 4.69. The molecule has 0 amide bonds. The molecule has 1 N–H and O–H groups in total. The molecule has 0 unspecified atom stereocenters. The first kappa shape index (κ1) is 78.3. The summed E-state index contributed by atoms with van der Waals surface area (Å²) in [5.41, 5.74) is 24.9. The number of aromatic amines is 1. The summed E-state index contributed by atoms with van der Waals surface area (Å²) >= 11 is 0. The average molecular weight is 1700 g/mol. The summed E-state index contributed by atoms with van der Waals surface area (Å²) < 4.78 is 15.4. The van der Waals surface area contributed by atoms with E-state index in [2.05, 4.69) is 373 Å². The third-order valence-corrected chi connectivity index (χ3v) is 24.1. The van der Waals surface area contributed by atoms with E-state index in [4.69, 9.17) is 0 Å². The minimum absolute atomic E-state index is 0.667. The molecule has 0 fully saturated rings. The van der Waals surface area contributed by atoms with Crippen molar-refractivity contribution in [2.45, 2.75) is 0 Å². The summed E-state index contributed by atoms with van der Waals surface area (Å²) in [6.07, 6.45) is 32.4. The summed E-state index contributed by atoms with van der Waals surface area (Å²) in [4.78, 5) is 48.4. The first-order valence-corrected chi connectivity index (χ1v) is 43.6. The Morgan fingerprint density at radius 1 is 0.189 bits per heavy atom. The number of pyridine rings is 4. The van der Waals surface area contributed by atoms with E-state index in [-0.39, 0.29) is 0 Å². The van der Waals surface area contributed by atoms with Crippen LogP contribution in [0, 0.1) is 0 Å². The fourth-order valence-electron chi connectivity index (χ4n) is 17.8. The topological polar surface area (TPSA) is 179 Å². The fourth-order valence-corrected chi connectivity index (χ4v) is 17.8. The Labute approximate surface area is 756 Å². The Bertz CT molecular complexity index is 8460. The van der Waals surface area contributed by atoms with Gasteiger partial charge in [0.15, 0.2) is 11.6 Å². The van der Waals surface area contributed by atoms with Gasteiger partial charge in [0.2, 0.25) is 5.95 Å². The van der Waals surface area contributed by atoms with Crippen molar-refractivity contribution in [1.29, 1.82) is 0 Å². The van der Waals surface area contributed by atoms with E-state index in [1.807, 2.05) is 153 Å². The highest BCUT2D eigenvalue weighted by Gasteiger charge is 2.20. The van der Waals surface area contributed by atoms with Gasteiger partial charge in [0.05, 0.1) is 109 Å². The van der Waals surface area contributed by atoms with Gasteiger partial charge in [-0.3, -0.25) is 24.5 Å². The maximum absolute atomic E-state index is 4.69. The molecule has 0 radical (unpaired) electrons. The van der Waals surface area contributed by atoms with E-state index in [0.29, 0.717) is 17.6 Å². The number of hydrogen-bond donors (Lipinski definition) is 1. The predicted molar refractivity (Wildman–Crippen MR) is 534 cm³/mol. The summed E-state index contributed by atoms with van der Waals surface area (Å²) in [5.74, 6) is 2.03. The van der Waals surface area contributed by atoms with E-state index < -0.39 is 0 Å². The number of nitrogens with one attached hydrogen (secondary N) is 1. The van der Waals surface area contributed by atoms with Crippen LogP contribution in [-0.4, -0.2) is 86.8 Å². The summed E-state index contributed by atoms with van der Waals surface area (Å²) in [7, 11) is 0. The smallest absolute Gasteiger partial charge is 0.234 e. The van der Waals surface area contributed by atoms with E-state index in [1.54, 1.807) is 31.0 Å². The van der Waals surface area contributed by atoms with E-state index in [0.717, 1.165) is 95.0 Å². The van der Waals surface area contributed by atoms with Crippen LogP contribution in [0.5, 0.6) is 0 Å². The Morgan fingerprint density at radius 3 is 1.13 bits per heavy atom. The molecule has 0 aliphatic heterocycles. The van der Waals surface area contributed by atoms with Crippen molar-refractivity contribution < 1.29 is 0 Å². The lowest BCUT2D eigenvalue weighted by atomic mass is 10.1. The zero-order chi connectivity index (χ0) is 87.6. The van der Waals surface area contributed by atoms with Crippen LogP contribution in [0.4, 0.5) is 0 Å². The Kier molecular flexibility index (Phi) is 20.5. The number of benzene rings is 12. The molecule has 0 atom stereocenters. The molecule has 0 aliphatic rings. The molecule has 0 saturated carbocycles. The summed E-state index contributed by atoms with van der Waals surface area (Å²) in [5, 5.41) is 13.3. The van der Waals surface area contributed by atoms with Crippen molar-refractivity contribution in [3.8, 4) is 85.4 Å². The number of H-pyrrole nitrogens is 1. The molecule has 0 bridgehead atoms. The molecule has 0 saturated heterocycles. The molecule has 18 heteroatoms. The Balaban J connectivity index is 0.0000000978. The van der Waals surface area contributed by atoms with Crippen LogP contribution < -0.4 is 0 Å². The van der Waals surface area contributed by atoms with Crippen molar-refractivity contribution in [2.75, 3.05) is 0 Å². The van der Waals surface area contributed by atoms with Gasteiger partial charge in [-0.1, -0.05) is 182 Å². The molecule has 15 heterocycles. The second kappa shape index (κ2) is 34.5. The van der Waals surface area contributed by atoms with Gasteiger partial charge in [-0.2, -0.15) is 0 Å². The van der Waals surface area contributed by atoms with Crippen LogP contribution in [0.2, 0.25) is 0 Å². The number of aromatic nitrogens is 18. The van der Waals surface area contributed by atoms with Crippen LogP contribution >= 0.6 is 0 Å². The zero-order valence-electron chi connectivity index (χ0n) is 71.1. The molecule has 27 aromatic rings. The lowest BCUT2D eigenvalue weighted by Crippen LogP contribution is -1.99. The van der Waals surface area contributed by atoms with Gasteiger partial charge in [-0.15, -0.1) is 0 Å². The van der Waals surface area contributed by atoms with E-state index >= 15 is 0 Å². The molecular weight excluding hydrogens is 1620 g/mol. The summed E-state index contributed by atoms with van der Waals surface area (Å²) in [6, 6.07) is 126. The number of hydrogen-bond acceptors (Lipinski definition) is 10. The monoisotopic (exact) mass is 1700 g/mol. The van der Waals surface area contributed by atoms with E-state index in [9.17, 15) is 0 Å². The third-order valence-electron chi connectivity index (χ3n) is 24.1. The van der Waals surface area contributed by atoms with Crippen LogP contribution in [0.3, 0.4) is 0 Å². The van der Waals surface area contributed by atoms with Crippen LogP contribution in [0.1, 0.15) is 0 Å². The van der Waals surface area contributed by atoms with Crippen molar-refractivity contribution >= 4 is 120 Å². The number of para-hydroxylation sites is 6. The first-order valence-electron chi connectivity index (χ1n) is 43.6. The molecule has 132 heavy (non-hydrogen) atoms. The van der Waals surface area contributed by atoms with Crippen molar-refractivity contribution in [1.82, 2.24) is 86.8 Å². The van der Waals surface area contributed by atoms with Gasteiger partial charge in [0.1, 0.15) is 0 Å².